The molecule has 1 aromatic heterocycles. The van der Waals surface area contributed by atoms with E-state index in [0.29, 0.717) is 11.7 Å². The molecule has 0 aliphatic carbocycles. The third-order valence-corrected chi connectivity index (χ3v) is 4.84. The third-order valence-electron chi connectivity index (χ3n) is 4.23. The molecule has 0 saturated carbocycles. The Balaban J connectivity index is 1.59. The number of aromatic nitrogens is 3. The molecule has 0 atom stereocenters. The first-order valence-corrected chi connectivity index (χ1v) is 9.67. The highest BCUT2D eigenvalue weighted by molar-refractivity contribution is 7.98. The molecule has 2 heterocycles. The molecule has 6 nitrogen and oxygen atoms in total. The number of benzene rings is 1. The van der Waals surface area contributed by atoms with Gasteiger partial charge in [-0.3, -0.25) is 4.79 Å². The van der Waals surface area contributed by atoms with Crippen LogP contribution in [0.25, 0.3) is 0 Å². The molecule has 1 fully saturated rings. The number of aryl methyl sites for hydroxylation is 1. The largest absolute Gasteiger partial charge is 0.321 e. The van der Waals surface area contributed by atoms with E-state index in [4.69, 9.17) is 0 Å². The molecular formula is C17H23N5OS. The number of carbonyl (C=O) groups excluding carboxylic acids is 1. The lowest BCUT2D eigenvalue weighted by Crippen LogP contribution is -2.29. The van der Waals surface area contributed by atoms with E-state index in [-0.39, 0.29) is 5.91 Å². The minimum absolute atomic E-state index is 0.216. The molecule has 24 heavy (non-hydrogen) atoms. The monoisotopic (exact) mass is 345 g/mol. The summed E-state index contributed by atoms with van der Waals surface area (Å²) in [5.74, 6) is 0.887. The zero-order valence-electron chi connectivity index (χ0n) is 13.9. The van der Waals surface area contributed by atoms with Crippen LogP contribution in [0.5, 0.6) is 0 Å². The fraction of sp³-hybridized carbons (Fsp3) is 0.471. The summed E-state index contributed by atoms with van der Waals surface area (Å²) in [5.41, 5.74) is 2.42. The predicted molar refractivity (Wildman–Crippen MR) is 97.6 cm³/mol. The highest BCUT2D eigenvalue weighted by Gasteiger charge is 2.18. The number of hydrogen-bond donors (Lipinski definition) is 2. The number of carbonyl (C=O) groups is 1. The number of nitrogens with one attached hydrogen (secondary N) is 2. The van der Waals surface area contributed by atoms with Crippen LogP contribution in [0.1, 0.15) is 34.9 Å². The van der Waals surface area contributed by atoms with Gasteiger partial charge in [-0.25, -0.2) is 4.68 Å². The van der Waals surface area contributed by atoms with Crippen molar-refractivity contribution in [1.82, 2.24) is 20.3 Å². The molecule has 0 radical (unpaired) electrons. The maximum atomic E-state index is 12.3. The number of rotatable bonds is 6. The van der Waals surface area contributed by atoms with Gasteiger partial charge in [-0.2, -0.15) is 11.8 Å². The summed E-state index contributed by atoms with van der Waals surface area (Å²) in [4.78, 5) is 12.3. The van der Waals surface area contributed by atoms with Crippen molar-refractivity contribution < 1.29 is 4.79 Å². The van der Waals surface area contributed by atoms with E-state index in [9.17, 15) is 4.79 Å². The van der Waals surface area contributed by atoms with E-state index in [0.717, 1.165) is 43.8 Å². The maximum Gasteiger partial charge on any atom is 0.277 e. The fourth-order valence-electron chi connectivity index (χ4n) is 2.80. The summed E-state index contributed by atoms with van der Waals surface area (Å²) in [6.45, 7) is 1.96. The normalized spacial score (nSPS) is 15.4. The molecule has 0 spiro atoms. The van der Waals surface area contributed by atoms with E-state index in [2.05, 4.69) is 39.3 Å². The van der Waals surface area contributed by atoms with Gasteiger partial charge in [-0.05, 0) is 62.1 Å². The second kappa shape index (κ2) is 8.30. The number of amides is 1. The summed E-state index contributed by atoms with van der Waals surface area (Å²) in [7, 11) is 0. The van der Waals surface area contributed by atoms with E-state index in [1.165, 1.54) is 5.56 Å². The molecule has 1 aliphatic rings. The van der Waals surface area contributed by atoms with Crippen molar-refractivity contribution in [3.8, 4) is 0 Å². The Morgan fingerprint density at radius 3 is 2.79 bits per heavy atom. The molecule has 0 unspecified atom stereocenters. The molecular weight excluding hydrogens is 322 g/mol. The minimum Gasteiger partial charge on any atom is -0.321 e. The molecule has 0 bridgehead atoms. The smallest absolute Gasteiger partial charge is 0.277 e. The second-order valence-electron chi connectivity index (χ2n) is 5.96. The number of hydrogen-bond acceptors (Lipinski definition) is 5. The van der Waals surface area contributed by atoms with Crippen molar-refractivity contribution in [2.24, 2.45) is 0 Å². The molecule has 1 saturated heterocycles. The SMILES string of the molecule is CSCCc1ccc(NC(=O)c2cn(C3CCNCC3)nn2)cc1. The first-order valence-electron chi connectivity index (χ1n) is 8.28. The van der Waals surface area contributed by atoms with E-state index in [1.807, 2.05) is 28.6 Å². The van der Waals surface area contributed by atoms with Crippen molar-refractivity contribution in [3.63, 3.8) is 0 Å². The minimum atomic E-state index is -0.216. The standard InChI is InChI=1S/C17H23N5OS/c1-24-11-8-13-2-4-14(5-3-13)19-17(23)16-12-22(21-20-16)15-6-9-18-10-7-15/h2-5,12,15,18H,6-11H2,1H3,(H,19,23). The van der Waals surface area contributed by atoms with Crippen LogP contribution in [-0.2, 0) is 6.42 Å². The number of piperidine rings is 1. The topological polar surface area (TPSA) is 71.8 Å². The lowest BCUT2D eigenvalue weighted by molar-refractivity contribution is 0.102. The van der Waals surface area contributed by atoms with Crippen LogP contribution in [0.4, 0.5) is 5.69 Å². The van der Waals surface area contributed by atoms with Crippen LogP contribution in [0.3, 0.4) is 0 Å². The molecule has 1 aliphatic heterocycles. The average Bonchev–Trinajstić information content (AvgIpc) is 3.12. The Bertz CT molecular complexity index is 664. The molecule has 2 N–H and O–H groups in total. The van der Waals surface area contributed by atoms with Crippen molar-refractivity contribution >= 4 is 23.4 Å². The summed E-state index contributed by atoms with van der Waals surface area (Å²) in [6, 6.07) is 8.31. The first-order chi connectivity index (χ1) is 11.8. The lowest BCUT2D eigenvalue weighted by atomic mass is 10.1. The highest BCUT2D eigenvalue weighted by Crippen LogP contribution is 2.18. The Labute approximate surface area is 146 Å². The first kappa shape index (κ1) is 17.0. The van der Waals surface area contributed by atoms with Crippen LogP contribution in [-0.4, -0.2) is 46.0 Å². The molecule has 2 aromatic rings. The predicted octanol–water partition coefficient (Wildman–Crippen LogP) is 2.36. The Hall–Kier alpha value is -1.86. The Morgan fingerprint density at radius 2 is 2.08 bits per heavy atom. The molecule has 1 amide bonds. The number of anilines is 1. The summed E-state index contributed by atoms with van der Waals surface area (Å²) >= 11 is 1.83. The second-order valence-corrected chi connectivity index (χ2v) is 6.94. The van der Waals surface area contributed by atoms with Crippen LogP contribution < -0.4 is 10.6 Å². The third kappa shape index (κ3) is 4.36. The Kier molecular flexibility index (Phi) is 5.87. The molecule has 1 aromatic carbocycles. The van der Waals surface area contributed by atoms with E-state index < -0.39 is 0 Å². The van der Waals surface area contributed by atoms with Crippen molar-refractivity contribution in [2.45, 2.75) is 25.3 Å². The van der Waals surface area contributed by atoms with Gasteiger partial charge in [-0.1, -0.05) is 17.3 Å². The average molecular weight is 345 g/mol. The van der Waals surface area contributed by atoms with E-state index in [1.54, 1.807) is 6.20 Å². The van der Waals surface area contributed by atoms with Gasteiger partial charge in [0.25, 0.3) is 5.91 Å². The van der Waals surface area contributed by atoms with Crippen molar-refractivity contribution in [1.29, 1.82) is 0 Å². The zero-order chi connectivity index (χ0) is 16.8. The van der Waals surface area contributed by atoms with E-state index >= 15 is 0 Å². The molecule has 7 heteroatoms. The zero-order valence-corrected chi connectivity index (χ0v) is 14.7. The molecule has 128 valence electrons. The van der Waals surface area contributed by atoms with Gasteiger partial charge in [0.15, 0.2) is 5.69 Å². The van der Waals surface area contributed by atoms with Crippen LogP contribution in [0, 0.1) is 0 Å². The summed E-state index contributed by atoms with van der Waals surface area (Å²) in [6.07, 6.45) is 6.92. The van der Waals surface area contributed by atoms with Gasteiger partial charge in [0, 0.05) is 5.69 Å². The highest BCUT2D eigenvalue weighted by atomic mass is 32.2. The van der Waals surface area contributed by atoms with Crippen molar-refractivity contribution in [3.05, 3.63) is 41.7 Å². The van der Waals surface area contributed by atoms with Gasteiger partial charge in [0.05, 0.1) is 12.2 Å². The fourth-order valence-corrected chi connectivity index (χ4v) is 3.24. The van der Waals surface area contributed by atoms with Crippen LogP contribution in [0.15, 0.2) is 30.5 Å². The quantitative estimate of drug-likeness (QED) is 0.841. The summed E-state index contributed by atoms with van der Waals surface area (Å²) in [5, 5.41) is 14.4. The lowest BCUT2D eigenvalue weighted by Gasteiger charge is -2.22. The van der Waals surface area contributed by atoms with Gasteiger partial charge in [-0.15, -0.1) is 5.10 Å². The van der Waals surface area contributed by atoms with Crippen LogP contribution in [0.2, 0.25) is 0 Å². The van der Waals surface area contributed by atoms with Crippen LogP contribution >= 0.6 is 11.8 Å². The Morgan fingerprint density at radius 1 is 1.33 bits per heavy atom. The number of nitrogens with zero attached hydrogens (tertiary/aromatic N) is 3. The maximum absolute atomic E-state index is 12.3. The van der Waals surface area contributed by atoms with Gasteiger partial charge < -0.3 is 10.6 Å². The van der Waals surface area contributed by atoms with Gasteiger partial charge >= 0.3 is 0 Å². The van der Waals surface area contributed by atoms with Gasteiger partial charge in [0.1, 0.15) is 0 Å². The van der Waals surface area contributed by atoms with Gasteiger partial charge in [0.2, 0.25) is 0 Å². The molecule has 3 rings (SSSR count). The van der Waals surface area contributed by atoms with Crippen molar-refractivity contribution in [2.75, 3.05) is 30.4 Å². The summed E-state index contributed by atoms with van der Waals surface area (Å²) < 4.78 is 1.82. The number of thioether (sulfide) groups is 1.